The predicted molar refractivity (Wildman–Crippen MR) is 79.7 cm³/mol. The summed E-state index contributed by atoms with van der Waals surface area (Å²) in [5.74, 6) is 0.370. The second kappa shape index (κ2) is 7.69. The number of nitrogens with one attached hydrogen (secondary N) is 1. The Morgan fingerprint density at radius 3 is 2.81 bits per heavy atom. The number of hydrogen-bond acceptors (Lipinski definition) is 4. The van der Waals surface area contributed by atoms with E-state index < -0.39 is 0 Å². The molecule has 0 fully saturated rings. The average molecular weight is 289 g/mol. The van der Waals surface area contributed by atoms with Crippen LogP contribution in [0.15, 0.2) is 36.9 Å². The van der Waals surface area contributed by atoms with Crippen molar-refractivity contribution in [1.82, 2.24) is 15.3 Å². The summed E-state index contributed by atoms with van der Waals surface area (Å²) in [4.78, 5) is 7.99. The van der Waals surface area contributed by atoms with Crippen LogP contribution in [0.2, 0.25) is 0 Å². The minimum absolute atomic E-state index is 0.268. The molecule has 0 spiro atoms. The lowest BCUT2D eigenvalue weighted by molar-refractivity contribution is 0.315. The van der Waals surface area contributed by atoms with Gasteiger partial charge in [-0.05, 0) is 30.7 Å². The van der Waals surface area contributed by atoms with E-state index in [9.17, 15) is 4.39 Å². The quantitative estimate of drug-likeness (QED) is 0.851. The molecule has 0 aliphatic heterocycles. The third kappa shape index (κ3) is 3.98. The van der Waals surface area contributed by atoms with Crippen LogP contribution in [-0.2, 0) is 0 Å². The monoisotopic (exact) mass is 289 g/mol. The van der Waals surface area contributed by atoms with Crippen LogP contribution in [0.5, 0.6) is 5.75 Å². The van der Waals surface area contributed by atoms with E-state index in [-0.39, 0.29) is 11.9 Å². The summed E-state index contributed by atoms with van der Waals surface area (Å²) in [5, 5.41) is 3.28. The molecule has 2 rings (SSSR count). The maximum Gasteiger partial charge on any atom is 0.146 e. The van der Waals surface area contributed by atoms with Crippen LogP contribution in [0.3, 0.4) is 0 Å². The second-order valence-electron chi connectivity index (χ2n) is 4.69. The minimum Gasteiger partial charge on any atom is -0.492 e. The summed E-state index contributed by atoms with van der Waals surface area (Å²) in [7, 11) is 0. The smallest absolute Gasteiger partial charge is 0.146 e. The first-order chi connectivity index (χ1) is 10.3. The Kier molecular flexibility index (Phi) is 5.63. The van der Waals surface area contributed by atoms with Gasteiger partial charge in [0, 0.05) is 18.0 Å². The highest BCUT2D eigenvalue weighted by Crippen LogP contribution is 2.25. The molecule has 0 amide bonds. The van der Waals surface area contributed by atoms with Gasteiger partial charge in [-0.1, -0.05) is 13.8 Å². The number of halogens is 1. The molecule has 21 heavy (non-hydrogen) atoms. The Bertz CT molecular complexity index is 577. The highest BCUT2D eigenvalue weighted by Gasteiger charge is 2.17. The number of pyridine rings is 2. The third-order valence-electron chi connectivity index (χ3n) is 3.06. The lowest BCUT2D eigenvalue weighted by atomic mass is 10.0. The topological polar surface area (TPSA) is 47.0 Å². The van der Waals surface area contributed by atoms with Gasteiger partial charge in [0.25, 0.3) is 0 Å². The van der Waals surface area contributed by atoms with Gasteiger partial charge in [-0.25, -0.2) is 4.39 Å². The van der Waals surface area contributed by atoms with E-state index in [0.29, 0.717) is 24.5 Å². The van der Waals surface area contributed by atoms with Gasteiger partial charge in [0.2, 0.25) is 0 Å². The SMILES string of the molecule is CCCOc1cncc(C(NCC)c2ccncc2F)c1. The van der Waals surface area contributed by atoms with Gasteiger partial charge in [0.05, 0.1) is 25.0 Å². The summed E-state index contributed by atoms with van der Waals surface area (Å²) in [6, 6.07) is 3.31. The van der Waals surface area contributed by atoms with E-state index >= 15 is 0 Å². The Labute approximate surface area is 124 Å². The van der Waals surface area contributed by atoms with Crippen LogP contribution in [-0.4, -0.2) is 23.1 Å². The molecular weight excluding hydrogens is 269 g/mol. The second-order valence-corrected chi connectivity index (χ2v) is 4.69. The van der Waals surface area contributed by atoms with Crippen molar-refractivity contribution < 1.29 is 9.13 Å². The first-order valence-electron chi connectivity index (χ1n) is 7.16. The minimum atomic E-state index is -0.330. The standard InChI is InChI=1S/C16H20FN3O/c1-3-7-21-13-8-12(9-19-10-13)16(20-4-2)14-5-6-18-11-15(14)17/h5-6,8-11,16,20H,3-4,7H2,1-2H3. The molecule has 1 N–H and O–H groups in total. The van der Waals surface area contributed by atoms with Crippen LogP contribution in [0.4, 0.5) is 4.39 Å². The molecule has 2 heterocycles. The van der Waals surface area contributed by atoms with Crippen LogP contribution < -0.4 is 10.1 Å². The number of aromatic nitrogens is 2. The van der Waals surface area contributed by atoms with Crippen molar-refractivity contribution in [3.8, 4) is 5.75 Å². The van der Waals surface area contributed by atoms with E-state index in [1.165, 1.54) is 6.20 Å². The van der Waals surface area contributed by atoms with E-state index in [4.69, 9.17) is 4.74 Å². The fourth-order valence-corrected chi connectivity index (χ4v) is 2.12. The summed E-state index contributed by atoms with van der Waals surface area (Å²) in [6.07, 6.45) is 7.15. The summed E-state index contributed by atoms with van der Waals surface area (Å²) in [5.41, 5.74) is 1.43. The molecule has 0 aliphatic rings. The van der Waals surface area contributed by atoms with Crippen molar-refractivity contribution in [3.63, 3.8) is 0 Å². The number of rotatable bonds is 7. The van der Waals surface area contributed by atoms with Gasteiger partial charge in [-0.2, -0.15) is 0 Å². The van der Waals surface area contributed by atoms with Gasteiger partial charge in [-0.15, -0.1) is 0 Å². The summed E-state index contributed by atoms with van der Waals surface area (Å²) >= 11 is 0. The van der Waals surface area contributed by atoms with Crippen LogP contribution >= 0.6 is 0 Å². The molecule has 0 radical (unpaired) electrons. The molecule has 0 saturated heterocycles. The van der Waals surface area contributed by atoms with E-state index in [1.54, 1.807) is 24.7 Å². The molecule has 1 unspecified atom stereocenters. The van der Waals surface area contributed by atoms with Crippen molar-refractivity contribution in [1.29, 1.82) is 0 Å². The first-order valence-corrected chi connectivity index (χ1v) is 7.16. The number of hydrogen-bond donors (Lipinski definition) is 1. The van der Waals surface area contributed by atoms with Crippen molar-refractivity contribution in [2.45, 2.75) is 26.3 Å². The molecule has 0 saturated carbocycles. The fourth-order valence-electron chi connectivity index (χ4n) is 2.12. The maximum absolute atomic E-state index is 14.0. The Balaban J connectivity index is 2.32. The van der Waals surface area contributed by atoms with Gasteiger partial charge in [0.15, 0.2) is 0 Å². The van der Waals surface area contributed by atoms with Crippen LogP contribution in [0.25, 0.3) is 0 Å². The number of ether oxygens (including phenoxy) is 1. The molecular formula is C16H20FN3O. The van der Waals surface area contributed by atoms with Gasteiger partial charge >= 0.3 is 0 Å². The van der Waals surface area contributed by atoms with E-state index in [2.05, 4.69) is 15.3 Å². The van der Waals surface area contributed by atoms with Crippen molar-refractivity contribution in [3.05, 3.63) is 53.9 Å². The van der Waals surface area contributed by atoms with Crippen LogP contribution in [0, 0.1) is 5.82 Å². The lowest BCUT2D eigenvalue weighted by Crippen LogP contribution is -2.23. The lowest BCUT2D eigenvalue weighted by Gasteiger charge is -2.19. The first kappa shape index (κ1) is 15.4. The third-order valence-corrected chi connectivity index (χ3v) is 3.06. The summed E-state index contributed by atoms with van der Waals surface area (Å²) in [6.45, 7) is 5.38. The molecule has 0 aliphatic carbocycles. The van der Waals surface area contributed by atoms with Gasteiger partial charge in [-0.3, -0.25) is 9.97 Å². The Morgan fingerprint density at radius 1 is 1.24 bits per heavy atom. The van der Waals surface area contributed by atoms with E-state index in [1.807, 2.05) is 19.9 Å². The normalized spacial score (nSPS) is 12.1. The molecule has 4 nitrogen and oxygen atoms in total. The average Bonchev–Trinajstić information content (AvgIpc) is 2.52. The highest BCUT2D eigenvalue weighted by molar-refractivity contribution is 5.33. The van der Waals surface area contributed by atoms with Crippen LogP contribution in [0.1, 0.15) is 37.4 Å². The van der Waals surface area contributed by atoms with E-state index in [0.717, 1.165) is 12.0 Å². The summed E-state index contributed by atoms with van der Waals surface area (Å²) < 4.78 is 19.6. The molecule has 1 atom stereocenters. The predicted octanol–water partition coefficient (Wildman–Crippen LogP) is 3.10. The molecule has 0 bridgehead atoms. The Morgan fingerprint density at radius 2 is 2.10 bits per heavy atom. The molecule has 112 valence electrons. The zero-order valence-electron chi connectivity index (χ0n) is 12.3. The van der Waals surface area contributed by atoms with Gasteiger partial charge < -0.3 is 10.1 Å². The molecule has 0 aromatic carbocycles. The zero-order valence-corrected chi connectivity index (χ0v) is 12.3. The number of nitrogens with zero attached hydrogens (tertiary/aromatic N) is 2. The zero-order chi connectivity index (χ0) is 15.1. The molecule has 2 aromatic rings. The molecule has 2 aromatic heterocycles. The van der Waals surface area contributed by atoms with Crippen molar-refractivity contribution in [2.24, 2.45) is 0 Å². The molecule has 5 heteroatoms. The largest absolute Gasteiger partial charge is 0.492 e. The highest BCUT2D eigenvalue weighted by atomic mass is 19.1. The Hall–Kier alpha value is -2.01. The fraction of sp³-hybridized carbons (Fsp3) is 0.375. The van der Waals surface area contributed by atoms with Gasteiger partial charge in [0.1, 0.15) is 11.6 Å². The van der Waals surface area contributed by atoms with Crippen molar-refractivity contribution in [2.75, 3.05) is 13.2 Å². The van der Waals surface area contributed by atoms with Crippen molar-refractivity contribution >= 4 is 0 Å². The maximum atomic E-state index is 14.0.